The van der Waals surface area contributed by atoms with Gasteiger partial charge < -0.3 is 5.32 Å². The van der Waals surface area contributed by atoms with E-state index in [0.717, 1.165) is 17.8 Å². The molecule has 17 heavy (non-hydrogen) atoms. The highest BCUT2D eigenvalue weighted by Crippen LogP contribution is 2.37. The molecule has 0 heterocycles. The molecule has 1 N–H and O–H groups in total. The molecule has 1 aliphatic carbocycles. The molecule has 1 aliphatic rings. The van der Waals surface area contributed by atoms with Crippen molar-refractivity contribution in [2.75, 3.05) is 13.1 Å². The van der Waals surface area contributed by atoms with Crippen LogP contribution in [0, 0.1) is 17.8 Å². The normalized spacial score (nSPS) is 29.5. The zero-order valence-corrected chi connectivity index (χ0v) is 12.3. The van der Waals surface area contributed by atoms with Gasteiger partial charge in [-0.15, -0.1) is 0 Å². The van der Waals surface area contributed by atoms with Gasteiger partial charge in [0.05, 0.1) is 0 Å². The summed E-state index contributed by atoms with van der Waals surface area (Å²) in [7, 11) is 0. The van der Waals surface area contributed by atoms with E-state index >= 15 is 0 Å². The van der Waals surface area contributed by atoms with Gasteiger partial charge in [0.25, 0.3) is 0 Å². The Kier molecular flexibility index (Phi) is 7.92. The van der Waals surface area contributed by atoms with E-state index in [1.54, 1.807) is 0 Å². The first-order valence-corrected chi connectivity index (χ1v) is 8.02. The number of rotatable bonds is 8. The first-order valence-electron chi connectivity index (χ1n) is 8.02. The van der Waals surface area contributed by atoms with E-state index in [4.69, 9.17) is 0 Å². The van der Waals surface area contributed by atoms with Gasteiger partial charge in [-0.3, -0.25) is 0 Å². The maximum absolute atomic E-state index is 3.64. The highest BCUT2D eigenvalue weighted by molar-refractivity contribution is 4.81. The van der Waals surface area contributed by atoms with Crippen molar-refractivity contribution in [3.05, 3.63) is 0 Å². The van der Waals surface area contributed by atoms with Gasteiger partial charge in [-0.25, -0.2) is 0 Å². The maximum Gasteiger partial charge on any atom is -0.00179 e. The molecule has 3 atom stereocenters. The van der Waals surface area contributed by atoms with E-state index in [1.165, 1.54) is 64.5 Å². The molecule has 0 radical (unpaired) electrons. The molecule has 0 bridgehead atoms. The molecule has 1 rings (SSSR count). The predicted octanol–water partition coefficient (Wildman–Crippen LogP) is 4.62. The third-order valence-corrected chi connectivity index (χ3v) is 4.59. The average molecular weight is 239 g/mol. The van der Waals surface area contributed by atoms with Gasteiger partial charge in [-0.05, 0) is 50.1 Å². The fraction of sp³-hybridized carbons (Fsp3) is 1.00. The largest absolute Gasteiger partial charge is 0.316 e. The van der Waals surface area contributed by atoms with Crippen LogP contribution in [0.25, 0.3) is 0 Å². The average Bonchev–Trinajstić information content (AvgIpc) is 2.37. The number of hydrogen-bond donors (Lipinski definition) is 1. The molecule has 102 valence electrons. The fourth-order valence-corrected chi connectivity index (χ4v) is 3.35. The van der Waals surface area contributed by atoms with Crippen molar-refractivity contribution in [2.45, 2.75) is 72.1 Å². The zero-order valence-electron chi connectivity index (χ0n) is 12.3. The molecular formula is C16H33N. The van der Waals surface area contributed by atoms with Crippen LogP contribution in [-0.2, 0) is 0 Å². The van der Waals surface area contributed by atoms with Gasteiger partial charge >= 0.3 is 0 Å². The van der Waals surface area contributed by atoms with E-state index in [9.17, 15) is 0 Å². The SMILES string of the molecule is CCCCC1CC(CC)CCC1CNCCC. The number of nitrogens with one attached hydrogen (secondary N) is 1. The second-order valence-corrected chi connectivity index (χ2v) is 5.95. The van der Waals surface area contributed by atoms with Crippen LogP contribution in [0.4, 0.5) is 0 Å². The Morgan fingerprint density at radius 2 is 1.82 bits per heavy atom. The van der Waals surface area contributed by atoms with Crippen molar-refractivity contribution in [1.29, 1.82) is 0 Å². The van der Waals surface area contributed by atoms with Crippen molar-refractivity contribution >= 4 is 0 Å². The second kappa shape index (κ2) is 8.97. The van der Waals surface area contributed by atoms with Crippen LogP contribution < -0.4 is 5.32 Å². The lowest BCUT2D eigenvalue weighted by atomic mass is 9.71. The monoisotopic (exact) mass is 239 g/mol. The van der Waals surface area contributed by atoms with E-state index < -0.39 is 0 Å². The molecule has 0 saturated heterocycles. The Morgan fingerprint density at radius 3 is 2.47 bits per heavy atom. The highest BCUT2D eigenvalue weighted by Gasteiger charge is 2.28. The minimum Gasteiger partial charge on any atom is -0.316 e. The molecule has 1 heteroatoms. The number of hydrogen-bond acceptors (Lipinski definition) is 1. The standard InChI is InChI=1S/C16H33N/c1-4-7-8-15-12-14(6-3)9-10-16(15)13-17-11-5-2/h14-17H,4-13H2,1-3H3. The van der Waals surface area contributed by atoms with Gasteiger partial charge in [0.2, 0.25) is 0 Å². The summed E-state index contributed by atoms with van der Waals surface area (Å²) in [5, 5.41) is 3.64. The molecule has 1 fully saturated rings. The molecule has 0 aromatic heterocycles. The molecule has 1 nitrogen and oxygen atoms in total. The van der Waals surface area contributed by atoms with E-state index in [1.807, 2.05) is 0 Å². The summed E-state index contributed by atoms with van der Waals surface area (Å²) in [4.78, 5) is 0. The van der Waals surface area contributed by atoms with Crippen molar-refractivity contribution in [2.24, 2.45) is 17.8 Å². The molecule has 0 spiro atoms. The minimum absolute atomic E-state index is 0.968. The Morgan fingerprint density at radius 1 is 1.00 bits per heavy atom. The van der Waals surface area contributed by atoms with Crippen LogP contribution in [0.5, 0.6) is 0 Å². The van der Waals surface area contributed by atoms with Crippen molar-refractivity contribution in [1.82, 2.24) is 5.32 Å². The smallest absolute Gasteiger partial charge is 0.00179 e. The quantitative estimate of drug-likeness (QED) is 0.610. The minimum atomic E-state index is 0.968. The molecule has 0 aliphatic heterocycles. The lowest BCUT2D eigenvalue weighted by Crippen LogP contribution is -2.33. The summed E-state index contributed by atoms with van der Waals surface area (Å²) in [5.74, 6) is 3.01. The Bertz CT molecular complexity index is 176. The summed E-state index contributed by atoms with van der Waals surface area (Å²) < 4.78 is 0. The Hall–Kier alpha value is -0.0400. The third kappa shape index (κ3) is 5.42. The Balaban J connectivity index is 2.36. The van der Waals surface area contributed by atoms with Crippen LogP contribution in [0.2, 0.25) is 0 Å². The molecule has 3 unspecified atom stereocenters. The van der Waals surface area contributed by atoms with Crippen LogP contribution in [0.15, 0.2) is 0 Å². The summed E-state index contributed by atoms with van der Waals surface area (Å²) in [6.07, 6.45) is 11.4. The summed E-state index contributed by atoms with van der Waals surface area (Å²) in [6, 6.07) is 0. The lowest BCUT2D eigenvalue weighted by molar-refractivity contribution is 0.161. The van der Waals surface area contributed by atoms with Gasteiger partial charge in [0.1, 0.15) is 0 Å². The van der Waals surface area contributed by atoms with E-state index in [-0.39, 0.29) is 0 Å². The van der Waals surface area contributed by atoms with Crippen molar-refractivity contribution < 1.29 is 0 Å². The second-order valence-electron chi connectivity index (χ2n) is 5.95. The van der Waals surface area contributed by atoms with E-state index in [2.05, 4.69) is 26.1 Å². The predicted molar refractivity (Wildman–Crippen MR) is 77.3 cm³/mol. The highest BCUT2D eigenvalue weighted by atomic mass is 14.9. The van der Waals surface area contributed by atoms with Crippen LogP contribution in [-0.4, -0.2) is 13.1 Å². The van der Waals surface area contributed by atoms with Gasteiger partial charge in [-0.1, -0.05) is 52.9 Å². The fourth-order valence-electron chi connectivity index (χ4n) is 3.35. The molecular weight excluding hydrogens is 206 g/mol. The third-order valence-electron chi connectivity index (χ3n) is 4.59. The van der Waals surface area contributed by atoms with Gasteiger partial charge in [-0.2, -0.15) is 0 Å². The number of unbranched alkanes of at least 4 members (excludes halogenated alkanes) is 1. The topological polar surface area (TPSA) is 12.0 Å². The zero-order chi connectivity index (χ0) is 12.5. The van der Waals surface area contributed by atoms with Crippen molar-refractivity contribution in [3.8, 4) is 0 Å². The first kappa shape index (κ1) is 15.0. The summed E-state index contributed by atoms with van der Waals surface area (Å²) in [6.45, 7) is 9.43. The molecule has 0 aromatic carbocycles. The Labute approximate surface area is 109 Å². The first-order chi connectivity index (χ1) is 8.31. The molecule has 0 aromatic rings. The lowest BCUT2D eigenvalue weighted by Gasteiger charge is -2.36. The summed E-state index contributed by atoms with van der Waals surface area (Å²) >= 11 is 0. The van der Waals surface area contributed by atoms with Crippen LogP contribution in [0.3, 0.4) is 0 Å². The maximum atomic E-state index is 3.64. The van der Waals surface area contributed by atoms with Crippen LogP contribution >= 0.6 is 0 Å². The van der Waals surface area contributed by atoms with E-state index in [0.29, 0.717) is 0 Å². The molecule has 0 amide bonds. The van der Waals surface area contributed by atoms with Crippen molar-refractivity contribution in [3.63, 3.8) is 0 Å². The summed E-state index contributed by atoms with van der Waals surface area (Å²) in [5.41, 5.74) is 0. The van der Waals surface area contributed by atoms with Gasteiger partial charge in [0.15, 0.2) is 0 Å². The van der Waals surface area contributed by atoms with Gasteiger partial charge in [0, 0.05) is 0 Å². The molecule has 1 saturated carbocycles. The van der Waals surface area contributed by atoms with Crippen LogP contribution in [0.1, 0.15) is 72.1 Å².